The molecule has 0 radical (unpaired) electrons. The number of aromatic nitrogens is 1. The monoisotopic (exact) mass is 189 g/mol. The number of aryl methyl sites for hydroxylation is 3. The van der Waals surface area contributed by atoms with E-state index in [4.69, 9.17) is 0 Å². The zero-order valence-corrected chi connectivity index (χ0v) is 9.05. The Kier molecular flexibility index (Phi) is 3.18. The molecular weight excluding hydrogens is 170 g/mol. The Labute approximate surface area is 86.6 Å². The summed E-state index contributed by atoms with van der Waals surface area (Å²) in [5, 5.41) is 0. The highest BCUT2D eigenvalue weighted by Crippen LogP contribution is 2.18. The molecule has 1 aromatic heterocycles. The van der Waals surface area contributed by atoms with Crippen molar-refractivity contribution in [2.45, 2.75) is 51.9 Å². The molecule has 0 aromatic carbocycles. The molecule has 0 N–H and O–H groups in total. The van der Waals surface area contributed by atoms with E-state index >= 15 is 0 Å². The third-order valence-corrected chi connectivity index (χ3v) is 3.07. The van der Waals surface area contributed by atoms with Crippen molar-refractivity contribution in [3.63, 3.8) is 0 Å². The average molecular weight is 189 g/mol. The molecular formula is C13H19N. The first-order chi connectivity index (χ1) is 6.86. The highest BCUT2D eigenvalue weighted by atomic mass is 14.7. The second-order valence-electron chi connectivity index (χ2n) is 4.33. The standard InChI is InChI=1S/C13H19N/c1-11-9-10-12-7-5-3-2-4-6-8-13(12)14-11/h9-10H,2-8H2,1H3. The van der Waals surface area contributed by atoms with Crippen LogP contribution >= 0.6 is 0 Å². The molecule has 2 rings (SSSR count). The van der Waals surface area contributed by atoms with Crippen LogP contribution in [-0.4, -0.2) is 4.98 Å². The number of hydrogen-bond acceptors (Lipinski definition) is 1. The largest absolute Gasteiger partial charge is 0.258 e. The van der Waals surface area contributed by atoms with Gasteiger partial charge in [-0.05, 0) is 44.2 Å². The van der Waals surface area contributed by atoms with Crippen LogP contribution in [0.25, 0.3) is 0 Å². The van der Waals surface area contributed by atoms with Crippen molar-refractivity contribution >= 4 is 0 Å². The van der Waals surface area contributed by atoms with Gasteiger partial charge in [-0.2, -0.15) is 0 Å². The molecule has 1 nitrogen and oxygen atoms in total. The van der Waals surface area contributed by atoms with Gasteiger partial charge in [0.15, 0.2) is 0 Å². The van der Waals surface area contributed by atoms with Crippen LogP contribution in [0.4, 0.5) is 0 Å². The third kappa shape index (κ3) is 2.34. The summed E-state index contributed by atoms with van der Waals surface area (Å²) in [6.45, 7) is 2.09. The fraction of sp³-hybridized carbons (Fsp3) is 0.615. The van der Waals surface area contributed by atoms with E-state index in [9.17, 15) is 0 Å². The second kappa shape index (κ2) is 4.59. The summed E-state index contributed by atoms with van der Waals surface area (Å²) < 4.78 is 0. The summed E-state index contributed by atoms with van der Waals surface area (Å²) >= 11 is 0. The van der Waals surface area contributed by atoms with Crippen molar-refractivity contribution in [2.75, 3.05) is 0 Å². The molecule has 0 fully saturated rings. The average Bonchev–Trinajstić information content (AvgIpc) is 2.29. The summed E-state index contributed by atoms with van der Waals surface area (Å²) in [5.41, 5.74) is 4.03. The number of pyridine rings is 1. The summed E-state index contributed by atoms with van der Waals surface area (Å²) in [6, 6.07) is 4.43. The summed E-state index contributed by atoms with van der Waals surface area (Å²) in [5.74, 6) is 0. The van der Waals surface area contributed by atoms with E-state index in [1.165, 1.54) is 61.9 Å². The Bertz CT molecular complexity index is 304. The van der Waals surface area contributed by atoms with E-state index in [1.807, 2.05) is 0 Å². The minimum absolute atomic E-state index is 1.17. The van der Waals surface area contributed by atoms with Crippen molar-refractivity contribution in [1.29, 1.82) is 0 Å². The fourth-order valence-electron chi connectivity index (χ4n) is 2.22. The van der Waals surface area contributed by atoms with Crippen LogP contribution in [-0.2, 0) is 12.8 Å². The third-order valence-electron chi connectivity index (χ3n) is 3.07. The predicted octanol–water partition coefficient (Wildman–Crippen LogP) is 3.44. The maximum Gasteiger partial charge on any atom is 0.0438 e. The zero-order valence-electron chi connectivity index (χ0n) is 9.05. The Morgan fingerprint density at radius 3 is 2.50 bits per heavy atom. The Hall–Kier alpha value is -0.850. The van der Waals surface area contributed by atoms with Gasteiger partial charge < -0.3 is 0 Å². The lowest BCUT2D eigenvalue weighted by atomic mass is 10.0. The molecule has 0 amide bonds. The van der Waals surface area contributed by atoms with Gasteiger partial charge in [-0.15, -0.1) is 0 Å². The van der Waals surface area contributed by atoms with Crippen LogP contribution in [0.15, 0.2) is 12.1 Å². The van der Waals surface area contributed by atoms with E-state index < -0.39 is 0 Å². The zero-order chi connectivity index (χ0) is 9.80. The molecule has 1 heterocycles. The van der Waals surface area contributed by atoms with Gasteiger partial charge in [-0.3, -0.25) is 4.98 Å². The second-order valence-corrected chi connectivity index (χ2v) is 4.33. The summed E-state index contributed by atoms with van der Waals surface area (Å²) in [6.07, 6.45) is 9.29. The van der Waals surface area contributed by atoms with Gasteiger partial charge in [0.1, 0.15) is 0 Å². The molecule has 1 aromatic rings. The topological polar surface area (TPSA) is 12.9 Å². The van der Waals surface area contributed by atoms with Crippen LogP contribution < -0.4 is 0 Å². The molecule has 1 heteroatoms. The molecule has 0 atom stereocenters. The van der Waals surface area contributed by atoms with Crippen LogP contribution in [0.2, 0.25) is 0 Å². The van der Waals surface area contributed by atoms with Gasteiger partial charge in [0.2, 0.25) is 0 Å². The fourth-order valence-corrected chi connectivity index (χ4v) is 2.22. The van der Waals surface area contributed by atoms with Gasteiger partial charge in [-0.25, -0.2) is 0 Å². The van der Waals surface area contributed by atoms with Gasteiger partial charge in [0.25, 0.3) is 0 Å². The number of fused-ring (bicyclic) bond motifs is 1. The van der Waals surface area contributed by atoms with Crippen molar-refractivity contribution in [3.05, 3.63) is 29.1 Å². The van der Waals surface area contributed by atoms with Gasteiger partial charge >= 0.3 is 0 Å². The molecule has 1 aliphatic rings. The first-order valence-electron chi connectivity index (χ1n) is 5.82. The van der Waals surface area contributed by atoms with Crippen LogP contribution in [0, 0.1) is 6.92 Å². The quantitative estimate of drug-likeness (QED) is 0.609. The van der Waals surface area contributed by atoms with Crippen molar-refractivity contribution < 1.29 is 0 Å². The SMILES string of the molecule is Cc1ccc2c(n1)CCCCCCC2. The molecule has 0 aliphatic heterocycles. The number of rotatable bonds is 0. The molecule has 0 bridgehead atoms. The Morgan fingerprint density at radius 1 is 0.929 bits per heavy atom. The van der Waals surface area contributed by atoms with Crippen LogP contribution in [0.3, 0.4) is 0 Å². The smallest absolute Gasteiger partial charge is 0.0438 e. The Balaban J connectivity index is 2.22. The number of hydrogen-bond donors (Lipinski definition) is 0. The van der Waals surface area contributed by atoms with E-state index in [-0.39, 0.29) is 0 Å². The van der Waals surface area contributed by atoms with E-state index in [0.29, 0.717) is 0 Å². The predicted molar refractivity (Wildman–Crippen MR) is 59.5 cm³/mol. The van der Waals surface area contributed by atoms with Crippen LogP contribution in [0.1, 0.15) is 49.1 Å². The molecule has 76 valence electrons. The van der Waals surface area contributed by atoms with E-state index in [2.05, 4.69) is 24.0 Å². The van der Waals surface area contributed by atoms with Crippen molar-refractivity contribution in [3.8, 4) is 0 Å². The highest BCUT2D eigenvalue weighted by Gasteiger charge is 2.06. The van der Waals surface area contributed by atoms with Crippen LogP contribution in [0.5, 0.6) is 0 Å². The van der Waals surface area contributed by atoms with Gasteiger partial charge in [0, 0.05) is 11.4 Å². The lowest BCUT2D eigenvalue weighted by Gasteiger charge is -2.07. The summed E-state index contributed by atoms with van der Waals surface area (Å²) in [4.78, 5) is 4.66. The highest BCUT2D eigenvalue weighted by molar-refractivity contribution is 5.23. The molecule has 14 heavy (non-hydrogen) atoms. The van der Waals surface area contributed by atoms with Gasteiger partial charge in [-0.1, -0.05) is 25.3 Å². The summed E-state index contributed by atoms with van der Waals surface area (Å²) in [7, 11) is 0. The van der Waals surface area contributed by atoms with Gasteiger partial charge in [0.05, 0.1) is 0 Å². The van der Waals surface area contributed by atoms with Crippen molar-refractivity contribution in [2.24, 2.45) is 0 Å². The molecule has 1 aliphatic carbocycles. The first-order valence-corrected chi connectivity index (χ1v) is 5.82. The minimum Gasteiger partial charge on any atom is -0.258 e. The first kappa shape index (κ1) is 9.70. The molecule has 0 saturated carbocycles. The minimum atomic E-state index is 1.17. The van der Waals surface area contributed by atoms with Crippen molar-refractivity contribution in [1.82, 2.24) is 4.98 Å². The Morgan fingerprint density at radius 2 is 1.64 bits per heavy atom. The molecule has 0 spiro atoms. The lowest BCUT2D eigenvalue weighted by molar-refractivity contribution is 0.628. The molecule has 0 saturated heterocycles. The van der Waals surface area contributed by atoms with E-state index in [1.54, 1.807) is 0 Å². The number of nitrogens with zero attached hydrogens (tertiary/aromatic N) is 1. The van der Waals surface area contributed by atoms with E-state index in [0.717, 1.165) is 0 Å². The normalized spacial score (nSPS) is 17.8. The molecule has 0 unspecified atom stereocenters. The maximum atomic E-state index is 4.66. The lowest BCUT2D eigenvalue weighted by Crippen LogP contribution is -1.98. The maximum absolute atomic E-state index is 4.66.